The molecule has 146 valence electrons. The number of aryl methyl sites for hydroxylation is 1. The number of ether oxygens (including phenoxy) is 1. The molecule has 2 amide bonds. The molecule has 1 saturated heterocycles. The number of carbonyl (C=O) groups is 2. The topological polar surface area (TPSA) is 49.9 Å². The van der Waals surface area contributed by atoms with E-state index in [1.807, 2.05) is 41.3 Å². The summed E-state index contributed by atoms with van der Waals surface area (Å²) in [7, 11) is 0. The van der Waals surface area contributed by atoms with Crippen LogP contribution >= 0.6 is 11.6 Å². The number of amides is 2. The van der Waals surface area contributed by atoms with Gasteiger partial charge in [0.2, 0.25) is 0 Å². The maximum Gasteiger partial charge on any atom is 0.264 e. The molecule has 2 aliphatic heterocycles. The minimum absolute atomic E-state index is 0.0216. The highest BCUT2D eigenvalue weighted by Gasteiger charge is 2.34. The van der Waals surface area contributed by atoms with Crippen molar-refractivity contribution < 1.29 is 14.3 Å². The van der Waals surface area contributed by atoms with Gasteiger partial charge in [0.15, 0.2) is 6.10 Å². The molecule has 0 saturated carbocycles. The van der Waals surface area contributed by atoms with E-state index in [4.69, 9.17) is 16.3 Å². The van der Waals surface area contributed by atoms with Crippen LogP contribution in [0, 0.1) is 0 Å². The van der Waals surface area contributed by atoms with E-state index in [1.54, 1.807) is 11.0 Å². The van der Waals surface area contributed by atoms with Crippen LogP contribution in [0.5, 0.6) is 5.75 Å². The van der Waals surface area contributed by atoms with Crippen molar-refractivity contribution in [2.45, 2.75) is 25.9 Å². The van der Waals surface area contributed by atoms with Crippen LogP contribution in [0.2, 0.25) is 5.02 Å². The van der Waals surface area contributed by atoms with Crippen molar-refractivity contribution >= 4 is 23.4 Å². The van der Waals surface area contributed by atoms with E-state index in [2.05, 4.69) is 6.92 Å². The molecule has 0 aliphatic carbocycles. The first kappa shape index (κ1) is 18.8. The van der Waals surface area contributed by atoms with Gasteiger partial charge in [-0.3, -0.25) is 9.59 Å². The summed E-state index contributed by atoms with van der Waals surface area (Å²) in [6, 6.07) is 13.2. The lowest BCUT2D eigenvalue weighted by atomic mass is 10.1. The number of hydrogen-bond donors (Lipinski definition) is 0. The second-order valence-corrected chi connectivity index (χ2v) is 7.67. The molecule has 2 aromatic rings. The van der Waals surface area contributed by atoms with Gasteiger partial charge in [-0.15, -0.1) is 0 Å². The number of carbonyl (C=O) groups excluding carboxylic acids is 2. The first-order valence-corrected chi connectivity index (χ1v) is 10.0. The number of halogens is 1. The van der Waals surface area contributed by atoms with Gasteiger partial charge >= 0.3 is 0 Å². The summed E-state index contributed by atoms with van der Waals surface area (Å²) in [5.41, 5.74) is 2.88. The zero-order valence-electron chi connectivity index (χ0n) is 15.9. The van der Waals surface area contributed by atoms with Gasteiger partial charge in [-0.25, -0.2) is 0 Å². The fraction of sp³-hybridized carbons (Fsp3) is 0.364. The van der Waals surface area contributed by atoms with E-state index >= 15 is 0 Å². The normalized spacial score (nSPS) is 18.6. The molecule has 6 heteroatoms. The third-order valence-corrected chi connectivity index (χ3v) is 5.70. The summed E-state index contributed by atoms with van der Waals surface area (Å²) in [5, 5.41) is 0.648. The first-order chi connectivity index (χ1) is 13.5. The van der Waals surface area contributed by atoms with Crippen LogP contribution in [-0.4, -0.2) is 53.9 Å². The number of rotatable bonds is 3. The van der Waals surface area contributed by atoms with E-state index in [0.29, 0.717) is 43.2 Å². The SMILES string of the molecule is CCc1ccc(C(=O)N2CCN(C(=O)C3Cc4cc(Cl)ccc4O3)CC2)cc1. The Balaban J connectivity index is 1.34. The van der Waals surface area contributed by atoms with Crippen molar-refractivity contribution in [3.05, 3.63) is 64.2 Å². The fourth-order valence-corrected chi connectivity index (χ4v) is 3.95. The Kier molecular flexibility index (Phi) is 5.27. The van der Waals surface area contributed by atoms with Gasteiger partial charge < -0.3 is 14.5 Å². The van der Waals surface area contributed by atoms with E-state index in [1.165, 1.54) is 5.56 Å². The Morgan fingerprint density at radius 2 is 1.71 bits per heavy atom. The van der Waals surface area contributed by atoms with Crippen LogP contribution in [0.1, 0.15) is 28.4 Å². The second-order valence-electron chi connectivity index (χ2n) is 7.23. The number of nitrogens with zero attached hydrogens (tertiary/aromatic N) is 2. The molecule has 0 radical (unpaired) electrons. The number of benzene rings is 2. The minimum Gasteiger partial charge on any atom is -0.480 e. The average Bonchev–Trinajstić information content (AvgIpc) is 3.16. The summed E-state index contributed by atoms with van der Waals surface area (Å²) in [6.45, 7) is 4.20. The van der Waals surface area contributed by atoms with Crippen molar-refractivity contribution in [3.8, 4) is 5.75 Å². The quantitative estimate of drug-likeness (QED) is 0.797. The van der Waals surface area contributed by atoms with Crippen molar-refractivity contribution in [3.63, 3.8) is 0 Å². The summed E-state index contributed by atoms with van der Waals surface area (Å²) < 4.78 is 5.81. The zero-order chi connectivity index (χ0) is 19.7. The Morgan fingerprint density at radius 3 is 2.39 bits per heavy atom. The molecule has 2 aliphatic rings. The fourth-order valence-electron chi connectivity index (χ4n) is 3.75. The summed E-state index contributed by atoms with van der Waals surface area (Å²) in [6.07, 6.45) is 0.990. The standard InChI is InChI=1S/C22H23ClN2O3/c1-2-15-3-5-16(6-4-15)21(26)24-9-11-25(12-10-24)22(27)20-14-17-13-18(23)7-8-19(17)28-20/h3-8,13,20H,2,9-12,14H2,1H3. The average molecular weight is 399 g/mol. The van der Waals surface area contributed by atoms with Crippen molar-refractivity contribution in [2.24, 2.45) is 0 Å². The molecule has 0 spiro atoms. The maximum absolute atomic E-state index is 12.8. The Hall–Kier alpha value is -2.53. The molecule has 2 aromatic carbocycles. The van der Waals surface area contributed by atoms with E-state index in [9.17, 15) is 9.59 Å². The molecule has 1 atom stereocenters. The van der Waals surface area contributed by atoms with Crippen LogP contribution < -0.4 is 4.74 Å². The van der Waals surface area contributed by atoms with Crippen LogP contribution in [0.25, 0.3) is 0 Å². The molecule has 2 heterocycles. The molecule has 1 unspecified atom stereocenters. The molecule has 4 rings (SSSR count). The first-order valence-electron chi connectivity index (χ1n) is 9.67. The summed E-state index contributed by atoms with van der Waals surface area (Å²) in [5.74, 6) is 0.729. The van der Waals surface area contributed by atoms with Crippen molar-refractivity contribution in [1.82, 2.24) is 9.80 Å². The van der Waals surface area contributed by atoms with E-state index in [-0.39, 0.29) is 11.8 Å². The monoisotopic (exact) mass is 398 g/mol. The van der Waals surface area contributed by atoms with Crippen molar-refractivity contribution in [2.75, 3.05) is 26.2 Å². The van der Waals surface area contributed by atoms with Crippen LogP contribution in [-0.2, 0) is 17.6 Å². The maximum atomic E-state index is 12.8. The Bertz CT molecular complexity index is 889. The van der Waals surface area contributed by atoms with Gasteiger partial charge in [0, 0.05) is 43.2 Å². The minimum atomic E-state index is -0.502. The van der Waals surface area contributed by atoms with Crippen LogP contribution in [0.4, 0.5) is 0 Å². The van der Waals surface area contributed by atoms with E-state index < -0.39 is 6.10 Å². The summed E-state index contributed by atoms with van der Waals surface area (Å²) >= 11 is 6.02. The number of fused-ring (bicyclic) bond motifs is 1. The zero-order valence-corrected chi connectivity index (χ0v) is 16.6. The van der Waals surface area contributed by atoms with Crippen LogP contribution in [0.15, 0.2) is 42.5 Å². The largest absolute Gasteiger partial charge is 0.480 e. The molecular weight excluding hydrogens is 376 g/mol. The molecule has 0 N–H and O–H groups in total. The molecular formula is C22H23ClN2O3. The van der Waals surface area contributed by atoms with Gasteiger partial charge in [-0.05, 0) is 47.9 Å². The summed E-state index contributed by atoms with van der Waals surface area (Å²) in [4.78, 5) is 29.1. The Morgan fingerprint density at radius 1 is 1.04 bits per heavy atom. The van der Waals surface area contributed by atoms with E-state index in [0.717, 1.165) is 17.7 Å². The molecule has 5 nitrogen and oxygen atoms in total. The van der Waals surface area contributed by atoms with Gasteiger partial charge in [0.05, 0.1) is 0 Å². The lowest BCUT2D eigenvalue weighted by Gasteiger charge is -2.35. The lowest BCUT2D eigenvalue weighted by molar-refractivity contribution is -0.139. The number of piperazine rings is 1. The van der Waals surface area contributed by atoms with Gasteiger partial charge in [0.25, 0.3) is 11.8 Å². The highest BCUT2D eigenvalue weighted by Crippen LogP contribution is 2.31. The predicted octanol–water partition coefficient (Wildman–Crippen LogP) is 3.19. The lowest BCUT2D eigenvalue weighted by Crippen LogP contribution is -2.53. The molecule has 0 aromatic heterocycles. The Labute approximate surface area is 169 Å². The molecule has 0 bridgehead atoms. The van der Waals surface area contributed by atoms with Gasteiger partial charge in [-0.2, -0.15) is 0 Å². The highest BCUT2D eigenvalue weighted by atomic mass is 35.5. The highest BCUT2D eigenvalue weighted by molar-refractivity contribution is 6.30. The predicted molar refractivity (Wildman–Crippen MR) is 108 cm³/mol. The van der Waals surface area contributed by atoms with Gasteiger partial charge in [-0.1, -0.05) is 30.7 Å². The van der Waals surface area contributed by atoms with Crippen molar-refractivity contribution in [1.29, 1.82) is 0 Å². The van der Waals surface area contributed by atoms with Gasteiger partial charge in [0.1, 0.15) is 5.75 Å². The third-order valence-electron chi connectivity index (χ3n) is 5.46. The second kappa shape index (κ2) is 7.84. The molecule has 1 fully saturated rings. The smallest absolute Gasteiger partial charge is 0.264 e. The third kappa shape index (κ3) is 3.72. The van der Waals surface area contributed by atoms with Crippen LogP contribution in [0.3, 0.4) is 0 Å². The number of hydrogen-bond acceptors (Lipinski definition) is 3. The molecule has 28 heavy (non-hydrogen) atoms.